The maximum atomic E-state index is 11.9. The van der Waals surface area contributed by atoms with Crippen LogP contribution in [0.4, 0.5) is 0 Å². The monoisotopic (exact) mass is 392 g/mol. The standard InChI is InChI=1S/C14H14Cl2N2O3S2/c15-11-4-1-3-10(14(11)16)6-7-17-12(19)9-18-23(20,21)13-5-2-8-22-13/h1-5,8,18H,6-7,9H2,(H,17,19). The van der Waals surface area contributed by atoms with Crippen LogP contribution in [0.15, 0.2) is 39.9 Å². The number of carbonyl (C=O) groups is 1. The Hall–Kier alpha value is -1.12. The number of halogens is 2. The lowest BCUT2D eigenvalue weighted by Gasteiger charge is -2.08. The van der Waals surface area contributed by atoms with E-state index >= 15 is 0 Å². The molecule has 0 fully saturated rings. The number of hydrogen-bond donors (Lipinski definition) is 2. The molecule has 0 atom stereocenters. The van der Waals surface area contributed by atoms with E-state index < -0.39 is 15.9 Å². The first-order chi connectivity index (χ1) is 10.9. The Morgan fingerprint density at radius 2 is 1.96 bits per heavy atom. The molecule has 0 unspecified atom stereocenters. The molecule has 1 heterocycles. The highest BCUT2D eigenvalue weighted by Gasteiger charge is 2.16. The van der Waals surface area contributed by atoms with Gasteiger partial charge in [-0.25, -0.2) is 13.1 Å². The highest BCUT2D eigenvalue weighted by molar-refractivity contribution is 7.91. The van der Waals surface area contributed by atoms with E-state index in [2.05, 4.69) is 10.0 Å². The van der Waals surface area contributed by atoms with Gasteiger partial charge in [0.1, 0.15) is 4.21 Å². The van der Waals surface area contributed by atoms with Crippen LogP contribution in [0.5, 0.6) is 0 Å². The highest BCUT2D eigenvalue weighted by Crippen LogP contribution is 2.25. The Morgan fingerprint density at radius 3 is 2.65 bits per heavy atom. The van der Waals surface area contributed by atoms with Gasteiger partial charge < -0.3 is 5.32 Å². The summed E-state index contributed by atoms with van der Waals surface area (Å²) >= 11 is 13.1. The smallest absolute Gasteiger partial charge is 0.250 e. The summed E-state index contributed by atoms with van der Waals surface area (Å²) in [6, 6.07) is 8.39. The zero-order valence-electron chi connectivity index (χ0n) is 11.9. The number of carbonyl (C=O) groups excluding carboxylic acids is 1. The van der Waals surface area contributed by atoms with Crippen LogP contribution >= 0.6 is 34.5 Å². The molecule has 1 amide bonds. The number of hydrogen-bond acceptors (Lipinski definition) is 4. The average molecular weight is 393 g/mol. The van der Waals surface area contributed by atoms with Crippen LogP contribution in [0.1, 0.15) is 5.56 Å². The molecule has 1 aromatic heterocycles. The third-order valence-corrected chi connectivity index (χ3v) is 6.59. The fourth-order valence-corrected chi connectivity index (χ4v) is 4.22. The lowest BCUT2D eigenvalue weighted by atomic mass is 10.1. The summed E-state index contributed by atoms with van der Waals surface area (Å²) < 4.78 is 26.2. The van der Waals surface area contributed by atoms with E-state index in [4.69, 9.17) is 23.2 Å². The van der Waals surface area contributed by atoms with E-state index in [9.17, 15) is 13.2 Å². The first-order valence-corrected chi connectivity index (χ1v) is 9.75. The molecule has 0 radical (unpaired) electrons. The number of rotatable bonds is 7. The van der Waals surface area contributed by atoms with Gasteiger partial charge in [-0.2, -0.15) is 0 Å². The van der Waals surface area contributed by atoms with Crippen molar-refractivity contribution in [1.82, 2.24) is 10.0 Å². The summed E-state index contributed by atoms with van der Waals surface area (Å²) in [5.74, 6) is -0.414. The van der Waals surface area contributed by atoms with E-state index in [-0.39, 0.29) is 10.8 Å². The summed E-state index contributed by atoms with van der Waals surface area (Å²) in [5, 5.41) is 5.21. The Labute approximate surface area is 148 Å². The van der Waals surface area contributed by atoms with Crippen molar-refractivity contribution in [1.29, 1.82) is 0 Å². The van der Waals surface area contributed by atoms with Crippen molar-refractivity contribution in [3.63, 3.8) is 0 Å². The maximum Gasteiger partial charge on any atom is 0.250 e. The van der Waals surface area contributed by atoms with Gasteiger partial charge >= 0.3 is 0 Å². The van der Waals surface area contributed by atoms with Gasteiger partial charge in [0.25, 0.3) is 10.0 Å². The summed E-state index contributed by atoms with van der Waals surface area (Å²) in [6.45, 7) is 0.0170. The summed E-state index contributed by atoms with van der Waals surface area (Å²) in [6.07, 6.45) is 0.503. The zero-order chi connectivity index (χ0) is 16.9. The van der Waals surface area contributed by atoms with E-state index in [1.807, 2.05) is 6.07 Å². The summed E-state index contributed by atoms with van der Waals surface area (Å²) in [4.78, 5) is 11.7. The van der Waals surface area contributed by atoms with E-state index in [0.717, 1.165) is 16.9 Å². The minimum absolute atomic E-state index is 0.177. The molecular weight excluding hydrogens is 379 g/mol. The second-order valence-electron chi connectivity index (χ2n) is 4.57. The van der Waals surface area contributed by atoms with E-state index in [1.54, 1.807) is 23.6 Å². The molecule has 5 nitrogen and oxygen atoms in total. The molecular formula is C14H14Cl2N2O3S2. The molecule has 1 aromatic carbocycles. The van der Waals surface area contributed by atoms with Crippen molar-refractivity contribution in [2.45, 2.75) is 10.6 Å². The number of amides is 1. The van der Waals surface area contributed by atoms with Crippen LogP contribution in [0.2, 0.25) is 10.0 Å². The minimum atomic E-state index is -3.63. The molecule has 124 valence electrons. The summed E-state index contributed by atoms with van der Waals surface area (Å²) in [5.41, 5.74) is 0.818. The minimum Gasteiger partial charge on any atom is -0.355 e. The topological polar surface area (TPSA) is 75.3 Å². The fourth-order valence-electron chi connectivity index (χ4n) is 1.79. The predicted molar refractivity (Wildman–Crippen MR) is 92.7 cm³/mol. The van der Waals surface area contributed by atoms with E-state index in [0.29, 0.717) is 23.0 Å². The second-order valence-corrected chi connectivity index (χ2v) is 8.30. The fraction of sp³-hybridized carbons (Fsp3) is 0.214. The van der Waals surface area contributed by atoms with Crippen LogP contribution in [-0.4, -0.2) is 27.4 Å². The largest absolute Gasteiger partial charge is 0.355 e. The van der Waals surface area contributed by atoms with Crippen molar-refractivity contribution in [2.75, 3.05) is 13.1 Å². The van der Waals surface area contributed by atoms with Crippen LogP contribution < -0.4 is 10.0 Å². The van der Waals surface area contributed by atoms with Gasteiger partial charge in [0.2, 0.25) is 5.91 Å². The lowest BCUT2D eigenvalue weighted by Crippen LogP contribution is -2.37. The molecule has 9 heteroatoms. The number of thiophene rings is 1. The lowest BCUT2D eigenvalue weighted by molar-refractivity contribution is -0.119. The van der Waals surface area contributed by atoms with Crippen molar-refractivity contribution in [3.8, 4) is 0 Å². The normalized spacial score (nSPS) is 11.4. The van der Waals surface area contributed by atoms with Gasteiger partial charge in [-0.3, -0.25) is 4.79 Å². The average Bonchev–Trinajstić information content (AvgIpc) is 3.05. The molecule has 2 aromatic rings. The van der Waals surface area contributed by atoms with Crippen LogP contribution in [0.3, 0.4) is 0 Å². The quantitative estimate of drug-likeness (QED) is 0.760. The van der Waals surface area contributed by atoms with Crippen molar-refractivity contribution in [2.24, 2.45) is 0 Å². The van der Waals surface area contributed by atoms with Gasteiger partial charge in [0.05, 0.1) is 16.6 Å². The molecule has 2 rings (SSSR count). The molecule has 0 saturated carbocycles. The highest BCUT2D eigenvalue weighted by atomic mass is 35.5. The predicted octanol–water partition coefficient (Wildman–Crippen LogP) is 2.69. The molecule has 0 spiro atoms. The molecule has 23 heavy (non-hydrogen) atoms. The van der Waals surface area contributed by atoms with Crippen LogP contribution in [0.25, 0.3) is 0 Å². The molecule has 0 aliphatic carbocycles. The Bertz CT molecular complexity index is 777. The SMILES string of the molecule is O=C(CNS(=O)(=O)c1cccs1)NCCc1cccc(Cl)c1Cl. The van der Waals surface area contributed by atoms with Gasteiger partial charge in [0, 0.05) is 6.54 Å². The Kier molecular flexibility index (Phi) is 6.43. The Balaban J connectivity index is 1.79. The second kappa shape index (κ2) is 8.12. The number of benzene rings is 1. The number of nitrogens with one attached hydrogen (secondary N) is 2. The van der Waals surface area contributed by atoms with Gasteiger partial charge in [0.15, 0.2) is 0 Å². The molecule has 0 aliphatic heterocycles. The van der Waals surface area contributed by atoms with E-state index in [1.165, 1.54) is 6.07 Å². The van der Waals surface area contributed by atoms with Gasteiger partial charge in [-0.05, 0) is 29.5 Å². The van der Waals surface area contributed by atoms with Gasteiger partial charge in [-0.1, -0.05) is 41.4 Å². The zero-order valence-corrected chi connectivity index (χ0v) is 15.0. The first-order valence-electron chi connectivity index (χ1n) is 6.63. The van der Waals surface area contributed by atoms with Crippen molar-refractivity contribution in [3.05, 3.63) is 51.3 Å². The third-order valence-electron chi connectivity index (χ3n) is 2.93. The van der Waals surface area contributed by atoms with Crippen LogP contribution in [0, 0.1) is 0 Å². The molecule has 0 saturated heterocycles. The molecule has 0 aliphatic rings. The number of sulfonamides is 1. The Morgan fingerprint density at radius 1 is 1.17 bits per heavy atom. The van der Waals surface area contributed by atoms with Crippen molar-refractivity contribution >= 4 is 50.5 Å². The van der Waals surface area contributed by atoms with Gasteiger partial charge in [-0.15, -0.1) is 11.3 Å². The van der Waals surface area contributed by atoms with Crippen molar-refractivity contribution < 1.29 is 13.2 Å². The maximum absolute atomic E-state index is 11.9. The van der Waals surface area contributed by atoms with Crippen LogP contribution in [-0.2, 0) is 21.2 Å². The first kappa shape index (κ1) is 18.2. The summed E-state index contributed by atoms with van der Waals surface area (Å²) in [7, 11) is -3.63. The third kappa shape index (κ3) is 5.19. The molecule has 0 bridgehead atoms. The molecule has 2 N–H and O–H groups in total.